The zero-order chi connectivity index (χ0) is 19.5. The number of rotatable bonds is 6. The van der Waals surface area contributed by atoms with Crippen LogP contribution >= 0.6 is 15.9 Å². The van der Waals surface area contributed by atoms with Crippen molar-refractivity contribution in [2.45, 2.75) is 38.5 Å². The Balaban J connectivity index is 1.61. The number of hydrogen-bond acceptors (Lipinski definition) is 6. The number of carbonyl (C=O) groups is 1. The number of fused-ring (bicyclic) bond motifs is 1. The van der Waals surface area contributed by atoms with Crippen molar-refractivity contribution in [3.8, 4) is 0 Å². The summed E-state index contributed by atoms with van der Waals surface area (Å²) in [5.41, 5.74) is 1.77. The maximum absolute atomic E-state index is 13.1. The van der Waals surface area contributed by atoms with Gasteiger partial charge in [0.15, 0.2) is 12.1 Å². The molecule has 3 aromatic rings. The number of aromatic nitrogens is 4. The summed E-state index contributed by atoms with van der Waals surface area (Å²) in [6, 6.07) is 1.75. The number of hydrogen-bond donors (Lipinski definition) is 0. The Labute approximate surface area is 171 Å². The zero-order valence-electron chi connectivity index (χ0n) is 15.5. The largest absolute Gasteiger partial charge is 0.353 e. The number of ketones is 1. The van der Waals surface area contributed by atoms with Gasteiger partial charge in [0.2, 0.25) is 0 Å². The third-order valence-electron chi connectivity index (χ3n) is 4.84. The number of pyridine rings is 1. The average Bonchev–Trinajstić information content (AvgIpc) is 3.12. The van der Waals surface area contributed by atoms with Gasteiger partial charge in [-0.1, -0.05) is 0 Å². The lowest BCUT2D eigenvalue weighted by atomic mass is 10.1. The maximum atomic E-state index is 13.1. The number of nitrogens with zero attached hydrogens (tertiary/aromatic N) is 4. The van der Waals surface area contributed by atoms with Crippen molar-refractivity contribution < 1.29 is 14.3 Å². The molecule has 8 heteroatoms. The summed E-state index contributed by atoms with van der Waals surface area (Å²) in [4.78, 5) is 25.7. The molecule has 0 saturated carbocycles. The molecule has 0 radical (unpaired) electrons. The number of carbonyl (C=O) groups excluding carboxylic acids is 1. The van der Waals surface area contributed by atoms with E-state index < -0.39 is 0 Å². The van der Waals surface area contributed by atoms with Gasteiger partial charge in [0.1, 0.15) is 12.0 Å². The van der Waals surface area contributed by atoms with Crippen molar-refractivity contribution in [3.05, 3.63) is 52.8 Å². The van der Waals surface area contributed by atoms with Crippen LogP contribution in [0.4, 0.5) is 0 Å². The molecule has 3 aromatic heterocycles. The molecular weight excluding hydrogens is 424 g/mol. The fourth-order valence-corrected chi connectivity index (χ4v) is 3.73. The van der Waals surface area contributed by atoms with Crippen LogP contribution in [0.25, 0.3) is 11.0 Å². The quantitative estimate of drug-likeness (QED) is 0.535. The van der Waals surface area contributed by atoms with E-state index in [1.165, 1.54) is 6.33 Å². The lowest BCUT2D eigenvalue weighted by Crippen LogP contribution is -2.25. The van der Waals surface area contributed by atoms with E-state index in [1.807, 2.05) is 17.7 Å². The maximum Gasteiger partial charge on any atom is 0.196 e. The van der Waals surface area contributed by atoms with E-state index >= 15 is 0 Å². The molecule has 0 bridgehead atoms. The monoisotopic (exact) mass is 444 g/mol. The third-order valence-corrected chi connectivity index (χ3v) is 5.28. The first-order chi connectivity index (χ1) is 13.6. The summed E-state index contributed by atoms with van der Waals surface area (Å²) in [5, 5.41) is 0.716. The number of halogens is 1. The van der Waals surface area contributed by atoms with Crippen LogP contribution in [0.5, 0.6) is 0 Å². The molecule has 7 nitrogen and oxygen atoms in total. The Morgan fingerprint density at radius 1 is 1.36 bits per heavy atom. The molecular formula is C20H21BrN4O3. The van der Waals surface area contributed by atoms with E-state index in [0.717, 1.165) is 30.3 Å². The van der Waals surface area contributed by atoms with Crippen LogP contribution < -0.4 is 0 Å². The predicted molar refractivity (Wildman–Crippen MR) is 107 cm³/mol. The zero-order valence-corrected chi connectivity index (χ0v) is 17.1. The molecule has 4 rings (SSSR count). The Bertz CT molecular complexity index is 984. The summed E-state index contributed by atoms with van der Waals surface area (Å²) < 4.78 is 14.3. The fraction of sp³-hybridized carbons (Fsp3) is 0.400. The van der Waals surface area contributed by atoms with E-state index in [-0.39, 0.29) is 18.1 Å². The van der Waals surface area contributed by atoms with Crippen LogP contribution in [-0.2, 0) is 9.47 Å². The molecule has 0 spiro atoms. The lowest BCUT2D eigenvalue weighted by molar-refractivity contribution is -0.166. The summed E-state index contributed by atoms with van der Waals surface area (Å²) in [6.07, 6.45) is 11.2. The molecule has 1 aliphatic heterocycles. The Hall–Kier alpha value is -2.16. The van der Waals surface area contributed by atoms with Crippen molar-refractivity contribution in [2.24, 2.45) is 0 Å². The molecule has 0 N–H and O–H groups in total. The molecule has 4 heterocycles. The van der Waals surface area contributed by atoms with Crippen LogP contribution in [0.3, 0.4) is 0 Å². The highest BCUT2D eigenvalue weighted by Crippen LogP contribution is 2.26. The highest BCUT2D eigenvalue weighted by Gasteiger charge is 2.22. The van der Waals surface area contributed by atoms with Crippen LogP contribution in [-0.4, -0.2) is 44.8 Å². The van der Waals surface area contributed by atoms with Gasteiger partial charge in [0, 0.05) is 46.8 Å². The van der Waals surface area contributed by atoms with Crippen LogP contribution in [0.2, 0.25) is 0 Å². The molecule has 1 saturated heterocycles. The average molecular weight is 445 g/mol. The normalized spacial score (nSPS) is 18.3. The SMILES string of the molecule is C[C@H](COC1CCCCO1)n1cc(C(=O)c2cncc(Br)c2)c2cncnc21. The summed E-state index contributed by atoms with van der Waals surface area (Å²) in [7, 11) is 0. The van der Waals surface area contributed by atoms with Crippen molar-refractivity contribution in [3.63, 3.8) is 0 Å². The van der Waals surface area contributed by atoms with Gasteiger partial charge in [-0.05, 0) is 48.2 Å². The number of ether oxygens (including phenoxy) is 2. The van der Waals surface area contributed by atoms with Gasteiger partial charge in [0.25, 0.3) is 0 Å². The van der Waals surface area contributed by atoms with E-state index in [9.17, 15) is 4.79 Å². The Morgan fingerprint density at radius 3 is 3.04 bits per heavy atom. The second-order valence-corrected chi connectivity index (χ2v) is 7.83. The molecule has 0 amide bonds. The van der Waals surface area contributed by atoms with Gasteiger partial charge in [-0.3, -0.25) is 9.78 Å². The molecule has 1 fully saturated rings. The second kappa shape index (κ2) is 8.46. The van der Waals surface area contributed by atoms with Gasteiger partial charge in [-0.25, -0.2) is 9.97 Å². The molecule has 0 aliphatic carbocycles. The Kier molecular flexibility index (Phi) is 5.79. The van der Waals surface area contributed by atoms with Gasteiger partial charge in [-0.15, -0.1) is 0 Å². The Morgan fingerprint density at radius 2 is 2.25 bits per heavy atom. The third kappa shape index (κ3) is 3.99. The molecule has 2 atom stereocenters. The van der Waals surface area contributed by atoms with E-state index in [2.05, 4.69) is 30.9 Å². The second-order valence-electron chi connectivity index (χ2n) is 6.91. The highest BCUT2D eigenvalue weighted by molar-refractivity contribution is 9.10. The smallest absolute Gasteiger partial charge is 0.196 e. The first kappa shape index (κ1) is 19.2. The minimum absolute atomic E-state index is 0.00916. The van der Waals surface area contributed by atoms with Gasteiger partial charge in [0.05, 0.1) is 18.2 Å². The standard InChI is InChI=1S/C20H21BrN4O3/c1-13(11-28-18-4-2-3-5-27-18)25-10-17(16-9-23-12-24-20(16)25)19(26)14-6-15(21)8-22-7-14/h6-10,12-13,18H,2-5,11H2,1H3/t13-,18?/m1/s1. The van der Waals surface area contributed by atoms with Crippen molar-refractivity contribution in [2.75, 3.05) is 13.2 Å². The molecule has 0 aromatic carbocycles. The molecule has 1 aliphatic rings. The minimum Gasteiger partial charge on any atom is -0.353 e. The fourth-order valence-electron chi connectivity index (χ4n) is 3.37. The van der Waals surface area contributed by atoms with Gasteiger partial charge >= 0.3 is 0 Å². The van der Waals surface area contributed by atoms with Crippen molar-refractivity contribution in [1.29, 1.82) is 0 Å². The minimum atomic E-state index is -0.151. The summed E-state index contributed by atoms with van der Waals surface area (Å²) in [5.74, 6) is -0.115. The van der Waals surface area contributed by atoms with Gasteiger partial charge < -0.3 is 14.0 Å². The van der Waals surface area contributed by atoms with Crippen molar-refractivity contribution in [1.82, 2.24) is 19.5 Å². The summed E-state index contributed by atoms with van der Waals surface area (Å²) in [6.45, 7) is 3.27. The van der Waals surface area contributed by atoms with Crippen molar-refractivity contribution >= 4 is 32.7 Å². The van der Waals surface area contributed by atoms with E-state index in [0.29, 0.717) is 28.8 Å². The summed E-state index contributed by atoms with van der Waals surface area (Å²) >= 11 is 3.37. The molecule has 146 valence electrons. The van der Waals surface area contributed by atoms with Crippen LogP contribution in [0.1, 0.15) is 48.1 Å². The molecule has 28 heavy (non-hydrogen) atoms. The predicted octanol–water partition coefficient (Wildman–Crippen LogP) is 3.92. The molecule has 1 unspecified atom stereocenters. The van der Waals surface area contributed by atoms with E-state index in [4.69, 9.17) is 9.47 Å². The lowest BCUT2D eigenvalue weighted by Gasteiger charge is -2.24. The first-order valence-corrected chi connectivity index (χ1v) is 10.1. The van der Waals surface area contributed by atoms with Crippen LogP contribution in [0.15, 0.2) is 41.7 Å². The van der Waals surface area contributed by atoms with E-state index in [1.54, 1.807) is 24.7 Å². The van der Waals surface area contributed by atoms with Crippen LogP contribution in [0, 0.1) is 0 Å². The highest BCUT2D eigenvalue weighted by atomic mass is 79.9. The first-order valence-electron chi connectivity index (χ1n) is 9.32. The topological polar surface area (TPSA) is 79.1 Å². The van der Waals surface area contributed by atoms with Gasteiger partial charge in [-0.2, -0.15) is 0 Å².